The summed E-state index contributed by atoms with van der Waals surface area (Å²) in [5.41, 5.74) is 3.55. The van der Waals surface area contributed by atoms with Gasteiger partial charge in [-0.1, -0.05) is 29.8 Å². The molecule has 4 nitrogen and oxygen atoms in total. The number of para-hydroxylation sites is 1. The van der Waals surface area contributed by atoms with Crippen molar-refractivity contribution >= 4 is 45.9 Å². The SMILES string of the molecule is O=C1Nc2ccccc2/C1=C1\C(=O)Nc2ccc(Cl)cc21. The van der Waals surface area contributed by atoms with Crippen molar-refractivity contribution in [3.05, 3.63) is 58.6 Å². The number of halogens is 1. The van der Waals surface area contributed by atoms with Crippen LogP contribution in [0.4, 0.5) is 11.4 Å². The summed E-state index contributed by atoms with van der Waals surface area (Å²) in [5, 5.41) is 6.07. The molecule has 0 bridgehead atoms. The predicted octanol–water partition coefficient (Wildman–Crippen LogP) is 3.16. The van der Waals surface area contributed by atoms with Crippen molar-refractivity contribution in [2.75, 3.05) is 10.6 Å². The number of nitrogens with one attached hydrogen (secondary N) is 2. The van der Waals surface area contributed by atoms with E-state index < -0.39 is 0 Å². The average molecular weight is 297 g/mol. The van der Waals surface area contributed by atoms with Crippen molar-refractivity contribution in [3.8, 4) is 0 Å². The average Bonchev–Trinajstić information content (AvgIpc) is 2.94. The number of carbonyl (C=O) groups excluding carboxylic acids is 2. The fourth-order valence-electron chi connectivity index (χ4n) is 2.75. The molecule has 0 aromatic heterocycles. The highest BCUT2D eigenvalue weighted by molar-refractivity contribution is 6.49. The first-order chi connectivity index (χ1) is 10.1. The molecule has 2 aromatic carbocycles. The van der Waals surface area contributed by atoms with Gasteiger partial charge in [0, 0.05) is 27.5 Å². The Hall–Kier alpha value is -2.59. The van der Waals surface area contributed by atoms with Crippen LogP contribution in [0, 0.1) is 0 Å². The van der Waals surface area contributed by atoms with Crippen LogP contribution in [0.3, 0.4) is 0 Å². The molecule has 102 valence electrons. The summed E-state index contributed by atoms with van der Waals surface area (Å²) < 4.78 is 0. The summed E-state index contributed by atoms with van der Waals surface area (Å²) in [5.74, 6) is -0.553. The molecule has 0 saturated carbocycles. The lowest BCUT2D eigenvalue weighted by atomic mass is 9.96. The Kier molecular flexibility index (Phi) is 2.43. The lowest BCUT2D eigenvalue weighted by molar-refractivity contribution is -0.112. The first kappa shape index (κ1) is 12.2. The summed E-state index contributed by atoms with van der Waals surface area (Å²) >= 11 is 6.02. The normalized spacial score (nSPS) is 19.1. The van der Waals surface area contributed by atoms with Crippen LogP contribution in [0.25, 0.3) is 11.1 Å². The number of fused-ring (bicyclic) bond motifs is 2. The van der Waals surface area contributed by atoms with Crippen molar-refractivity contribution in [1.82, 2.24) is 0 Å². The largest absolute Gasteiger partial charge is 0.321 e. The molecule has 0 fully saturated rings. The molecule has 2 heterocycles. The second kappa shape index (κ2) is 4.20. The zero-order valence-electron chi connectivity index (χ0n) is 10.7. The van der Waals surface area contributed by atoms with Crippen LogP contribution in [-0.2, 0) is 9.59 Å². The van der Waals surface area contributed by atoms with E-state index in [1.165, 1.54) is 0 Å². The standard InChI is InChI=1S/C16H9ClN2O2/c17-8-5-6-12-10(7-8)14(16(21)19-12)13-9-3-1-2-4-11(9)18-15(13)20/h1-7H,(H,18,20)(H,19,21)/b14-13+. The van der Waals surface area contributed by atoms with E-state index in [0.717, 1.165) is 5.56 Å². The van der Waals surface area contributed by atoms with E-state index in [4.69, 9.17) is 11.6 Å². The first-order valence-electron chi connectivity index (χ1n) is 6.41. The molecule has 0 saturated heterocycles. The van der Waals surface area contributed by atoms with E-state index in [2.05, 4.69) is 10.6 Å². The molecule has 4 rings (SSSR count). The molecular weight excluding hydrogens is 288 g/mol. The summed E-state index contributed by atoms with van der Waals surface area (Å²) in [4.78, 5) is 24.6. The highest BCUT2D eigenvalue weighted by atomic mass is 35.5. The van der Waals surface area contributed by atoms with Crippen LogP contribution in [0.15, 0.2) is 42.5 Å². The van der Waals surface area contributed by atoms with Crippen LogP contribution in [0.1, 0.15) is 11.1 Å². The lowest BCUT2D eigenvalue weighted by Crippen LogP contribution is -2.10. The van der Waals surface area contributed by atoms with Gasteiger partial charge < -0.3 is 10.6 Å². The van der Waals surface area contributed by atoms with Gasteiger partial charge in [0.1, 0.15) is 0 Å². The molecular formula is C16H9ClN2O2. The van der Waals surface area contributed by atoms with Crippen LogP contribution in [0.2, 0.25) is 5.02 Å². The van der Waals surface area contributed by atoms with Gasteiger partial charge >= 0.3 is 0 Å². The van der Waals surface area contributed by atoms with Crippen LogP contribution >= 0.6 is 11.6 Å². The Morgan fingerprint density at radius 1 is 0.762 bits per heavy atom. The Morgan fingerprint density at radius 2 is 1.38 bits per heavy atom. The number of anilines is 2. The fourth-order valence-corrected chi connectivity index (χ4v) is 2.93. The molecule has 2 N–H and O–H groups in total. The van der Waals surface area contributed by atoms with Gasteiger partial charge in [-0.15, -0.1) is 0 Å². The van der Waals surface area contributed by atoms with Crippen LogP contribution in [-0.4, -0.2) is 11.8 Å². The predicted molar refractivity (Wildman–Crippen MR) is 82.0 cm³/mol. The van der Waals surface area contributed by atoms with E-state index in [1.807, 2.05) is 24.3 Å². The maximum atomic E-state index is 12.3. The Bertz CT molecular complexity index is 855. The molecule has 0 spiro atoms. The summed E-state index contributed by atoms with van der Waals surface area (Å²) in [7, 11) is 0. The molecule has 21 heavy (non-hydrogen) atoms. The van der Waals surface area contributed by atoms with E-state index in [-0.39, 0.29) is 11.8 Å². The number of rotatable bonds is 0. The lowest BCUT2D eigenvalue weighted by Gasteiger charge is -2.03. The van der Waals surface area contributed by atoms with Gasteiger partial charge in [0.2, 0.25) is 0 Å². The van der Waals surface area contributed by atoms with Crippen LogP contribution < -0.4 is 10.6 Å². The highest BCUT2D eigenvalue weighted by Crippen LogP contribution is 2.42. The van der Waals surface area contributed by atoms with E-state index in [0.29, 0.717) is 33.1 Å². The van der Waals surface area contributed by atoms with E-state index in [9.17, 15) is 9.59 Å². The van der Waals surface area contributed by atoms with Gasteiger partial charge in [-0.2, -0.15) is 0 Å². The van der Waals surface area contributed by atoms with Crippen molar-refractivity contribution in [2.45, 2.75) is 0 Å². The first-order valence-corrected chi connectivity index (χ1v) is 6.79. The Labute approximate surface area is 125 Å². The molecule has 0 aliphatic carbocycles. The minimum atomic E-state index is -0.283. The molecule has 5 heteroatoms. The topological polar surface area (TPSA) is 58.2 Å². The number of amides is 2. The third-order valence-corrected chi connectivity index (χ3v) is 3.88. The number of benzene rings is 2. The third kappa shape index (κ3) is 1.69. The van der Waals surface area contributed by atoms with Gasteiger partial charge in [0.15, 0.2) is 0 Å². The van der Waals surface area contributed by atoms with Crippen molar-refractivity contribution < 1.29 is 9.59 Å². The van der Waals surface area contributed by atoms with E-state index >= 15 is 0 Å². The van der Waals surface area contributed by atoms with Gasteiger partial charge in [-0.3, -0.25) is 9.59 Å². The quantitative estimate of drug-likeness (QED) is 0.734. The highest BCUT2D eigenvalue weighted by Gasteiger charge is 2.34. The van der Waals surface area contributed by atoms with E-state index in [1.54, 1.807) is 18.2 Å². The Balaban J connectivity index is 2.04. The fraction of sp³-hybridized carbons (Fsp3) is 0. The minimum absolute atomic E-state index is 0.269. The molecule has 2 aliphatic rings. The number of hydrogen-bond acceptors (Lipinski definition) is 2. The summed E-state index contributed by atoms with van der Waals surface area (Å²) in [6.45, 7) is 0. The molecule has 0 radical (unpaired) electrons. The smallest absolute Gasteiger partial charge is 0.257 e. The molecule has 2 amide bonds. The maximum absolute atomic E-state index is 12.3. The van der Waals surface area contributed by atoms with Crippen molar-refractivity contribution in [3.63, 3.8) is 0 Å². The van der Waals surface area contributed by atoms with Gasteiger partial charge in [0.25, 0.3) is 11.8 Å². The van der Waals surface area contributed by atoms with Gasteiger partial charge in [-0.25, -0.2) is 0 Å². The number of carbonyl (C=O) groups is 2. The monoisotopic (exact) mass is 296 g/mol. The third-order valence-electron chi connectivity index (χ3n) is 3.65. The zero-order chi connectivity index (χ0) is 14.6. The van der Waals surface area contributed by atoms with Gasteiger partial charge in [-0.05, 0) is 24.3 Å². The van der Waals surface area contributed by atoms with Crippen molar-refractivity contribution in [1.29, 1.82) is 0 Å². The second-order valence-corrected chi connectivity index (χ2v) is 5.33. The molecule has 0 atom stereocenters. The van der Waals surface area contributed by atoms with Crippen molar-refractivity contribution in [2.24, 2.45) is 0 Å². The molecule has 2 aliphatic heterocycles. The minimum Gasteiger partial charge on any atom is -0.321 e. The zero-order valence-corrected chi connectivity index (χ0v) is 11.5. The summed E-state index contributed by atoms with van der Waals surface area (Å²) in [6, 6.07) is 12.5. The maximum Gasteiger partial charge on any atom is 0.257 e. The molecule has 2 aromatic rings. The summed E-state index contributed by atoms with van der Waals surface area (Å²) in [6.07, 6.45) is 0. The van der Waals surface area contributed by atoms with Crippen LogP contribution in [0.5, 0.6) is 0 Å². The van der Waals surface area contributed by atoms with Gasteiger partial charge in [0.05, 0.1) is 11.1 Å². The number of hydrogen-bond donors (Lipinski definition) is 2. The molecule has 0 unspecified atom stereocenters. The second-order valence-electron chi connectivity index (χ2n) is 4.89. The Morgan fingerprint density at radius 3 is 2.14 bits per heavy atom.